The van der Waals surface area contributed by atoms with Crippen molar-refractivity contribution >= 4 is 33.2 Å². The maximum absolute atomic E-state index is 12.3. The Balaban J connectivity index is 1.63. The number of hydrogen-bond donors (Lipinski definition) is 1. The molecule has 0 bridgehead atoms. The van der Waals surface area contributed by atoms with Crippen LogP contribution in [-0.2, 0) is 16.0 Å². The summed E-state index contributed by atoms with van der Waals surface area (Å²) < 4.78 is 1.09. The van der Waals surface area contributed by atoms with Gasteiger partial charge < -0.3 is 10.6 Å². The Bertz CT molecular complexity index is 764. The van der Waals surface area contributed by atoms with E-state index in [1.165, 1.54) is 10.5 Å². The maximum atomic E-state index is 12.3. The molecule has 2 aromatic rings. The number of benzene rings is 1. The molecule has 5 nitrogen and oxygen atoms in total. The third kappa shape index (κ3) is 3.28. The number of nitrogens with two attached hydrogens (primary N) is 1. The largest absolute Gasteiger partial charge is 0.338 e. The monoisotopic (exact) mass is 331 g/mol. The second-order valence-corrected chi connectivity index (χ2v) is 7.56. The first-order valence-corrected chi connectivity index (χ1v) is 8.58. The number of likely N-dealkylation sites (N-methyl/N-ethyl adjacent to an activating group) is 1. The standard InChI is InChI=1S/C17H21N3O2S/c1-11-3-4-13-14(7-11)23-15(19-13)8-12(21)9-20(2)16(22)17(10-18)5-6-17/h3-4,7H,5-6,8-10,18H2,1-2H3. The van der Waals surface area contributed by atoms with Gasteiger partial charge in [0, 0.05) is 13.6 Å². The Kier molecular flexibility index (Phi) is 4.21. The summed E-state index contributed by atoms with van der Waals surface area (Å²) in [5, 5.41) is 0.802. The second kappa shape index (κ2) is 6.02. The fraction of sp³-hybridized carbons (Fsp3) is 0.471. The summed E-state index contributed by atoms with van der Waals surface area (Å²) in [6.45, 7) is 2.52. The molecule has 23 heavy (non-hydrogen) atoms. The lowest BCUT2D eigenvalue weighted by Gasteiger charge is -2.21. The van der Waals surface area contributed by atoms with Crippen LogP contribution in [0.25, 0.3) is 10.2 Å². The molecule has 3 rings (SSSR count). The zero-order chi connectivity index (χ0) is 16.6. The van der Waals surface area contributed by atoms with Crippen molar-refractivity contribution in [2.24, 2.45) is 11.1 Å². The molecule has 0 unspecified atom stereocenters. The lowest BCUT2D eigenvalue weighted by atomic mass is 10.1. The van der Waals surface area contributed by atoms with Crippen LogP contribution < -0.4 is 5.73 Å². The van der Waals surface area contributed by atoms with Crippen LogP contribution in [-0.4, -0.2) is 41.7 Å². The van der Waals surface area contributed by atoms with Gasteiger partial charge in [0.2, 0.25) is 5.91 Å². The Morgan fingerprint density at radius 1 is 1.39 bits per heavy atom. The lowest BCUT2D eigenvalue weighted by Crippen LogP contribution is -2.40. The van der Waals surface area contributed by atoms with Crippen LogP contribution in [0.4, 0.5) is 0 Å². The van der Waals surface area contributed by atoms with E-state index in [1.54, 1.807) is 18.4 Å². The van der Waals surface area contributed by atoms with Gasteiger partial charge in [-0.05, 0) is 37.5 Å². The van der Waals surface area contributed by atoms with Crippen molar-refractivity contribution in [3.8, 4) is 0 Å². The van der Waals surface area contributed by atoms with Crippen molar-refractivity contribution in [3.05, 3.63) is 28.8 Å². The van der Waals surface area contributed by atoms with Crippen molar-refractivity contribution in [3.63, 3.8) is 0 Å². The topological polar surface area (TPSA) is 76.3 Å². The van der Waals surface area contributed by atoms with Crippen molar-refractivity contribution in [2.45, 2.75) is 26.2 Å². The molecule has 1 amide bonds. The molecule has 6 heteroatoms. The number of ketones is 1. The van der Waals surface area contributed by atoms with E-state index in [2.05, 4.69) is 11.1 Å². The molecule has 0 spiro atoms. The summed E-state index contributed by atoms with van der Waals surface area (Å²) in [5.41, 5.74) is 7.38. The van der Waals surface area contributed by atoms with Gasteiger partial charge in [0.25, 0.3) is 0 Å². The van der Waals surface area contributed by atoms with Crippen LogP contribution >= 0.6 is 11.3 Å². The molecular formula is C17H21N3O2S. The van der Waals surface area contributed by atoms with Gasteiger partial charge in [-0.3, -0.25) is 9.59 Å². The normalized spacial score (nSPS) is 15.6. The lowest BCUT2D eigenvalue weighted by molar-refractivity contribution is -0.138. The number of nitrogens with zero attached hydrogens (tertiary/aromatic N) is 2. The number of aryl methyl sites for hydroxylation is 1. The molecule has 1 saturated carbocycles. The summed E-state index contributed by atoms with van der Waals surface area (Å²) in [4.78, 5) is 30.6. The highest BCUT2D eigenvalue weighted by molar-refractivity contribution is 7.18. The van der Waals surface area contributed by atoms with E-state index < -0.39 is 5.41 Å². The molecule has 1 aromatic heterocycles. The summed E-state index contributed by atoms with van der Waals surface area (Å²) in [7, 11) is 1.68. The first kappa shape index (κ1) is 16.1. The van der Waals surface area contributed by atoms with E-state index in [0.717, 1.165) is 28.1 Å². The van der Waals surface area contributed by atoms with Crippen LogP contribution in [0.1, 0.15) is 23.4 Å². The van der Waals surface area contributed by atoms with E-state index in [4.69, 9.17) is 5.73 Å². The third-order valence-corrected chi connectivity index (χ3v) is 5.41. The molecular weight excluding hydrogens is 310 g/mol. The zero-order valence-electron chi connectivity index (χ0n) is 13.5. The number of Topliss-reactive ketones (excluding diaryl/α,β-unsaturated/α-hetero) is 1. The molecule has 122 valence electrons. The molecule has 2 N–H and O–H groups in total. The Morgan fingerprint density at radius 3 is 2.78 bits per heavy atom. The van der Waals surface area contributed by atoms with Crippen molar-refractivity contribution in [1.82, 2.24) is 9.88 Å². The van der Waals surface area contributed by atoms with Crippen molar-refractivity contribution in [1.29, 1.82) is 0 Å². The number of hydrogen-bond acceptors (Lipinski definition) is 5. The van der Waals surface area contributed by atoms with Crippen LogP contribution in [0.15, 0.2) is 18.2 Å². The minimum absolute atomic E-state index is 0.00412. The number of rotatable bonds is 6. The average Bonchev–Trinajstić information content (AvgIpc) is 3.21. The van der Waals surface area contributed by atoms with E-state index in [9.17, 15) is 9.59 Å². The predicted molar refractivity (Wildman–Crippen MR) is 91.4 cm³/mol. The molecule has 0 atom stereocenters. The fourth-order valence-electron chi connectivity index (χ4n) is 2.78. The quantitative estimate of drug-likeness (QED) is 0.877. The first-order valence-electron chi connectivity index (χ1n) is 7.77. The number of fused-ring (bicyclic) bond motifs is 1. The van der Waals surface area contributed by atoms with Gasteiger partial charge in [0.15, 0.2) is 5.78 Å². The van der Waals surface area contributed by atoms with E-state index >= 15 is 0 Å². The minimum Gasteiger partial charge on any atom is -0.338 e. The molecule has 1 aliphatic rings. The highest BCUT2D eigenvalue weighted by Crippen LogP contribution is 2.45. The molecule has 1 heterocycles. The van der Waals surface area contributed by atoms with Crippen LogP contribution in [0.5, 0.6) is 0 Å². The fourth-order valence-corrected chi connectivity index (χ4v) is 3.87. The van der Waals surface area contributed by atoms with Crippen LogP contribution in [0.2, 0.25) is 0 Å². The Labute approximate surface area is 139 Å². The SMILES string of the molecule is Cc1ccc2nc(CC(=O)CN(C)C(=O)C3(CN)CC3)sc2c1. The molecule has 0 aliphatic heterocycles. The number of carbonyl (C=O) groups is 2. The summed E-state index contributed by atoms with van der Waals surface area (Å²) >= 11 is 1.54. The summed E-state index contributed by atoms with van der Waals surface area (Å²) in [5.74, 6) is -0.00211. The molecule has 1 aliphatic carbocycles. The number of aromatic nitrogens is 1. The predicted octanol–water partition coefficient (Wildman–Crippen LogP) is 1.91. The van der Waals surface area contributed by atoms with Crippen LogP contribution in [0.3, 0.4) is 0 Å². The molecule has 1 aromatic carbocycles. The number of thiazole rings is 1. The molecule has 1 fully saturated rings. The van der Waals surface area contributed by atoms with Gasteiger partial charge in [-0.15, -0.1) is 11.3 Å². The van der Waals surface area contributed by atoms with Gasteiger partial charge in [-0.25, -0.2) is 4.98 Å². The molecule has 0 saturated heterocycles. The second-order valence-electron chi connectivity index (χ2n) is 6.44. The smallest absolute Gasteiger partial charge is 0.230 e. The van der Waals surface area contributed by atoms with Gasteiger partial charge in [-0.2, -0.15) is 0 Å². The van der Waals surface area contributed by atoms with E-state index in [-0.39, 0.29) is 24.7 Å². The van der Waals surface area contributed by atoms with Gasteiger partial charge in [-0.1, -0.05) is 6.07 Å². The van der Waals surface area contributed by atoms with Crippen LogP contribution in [0, 0.1) is 12.3 Å². The average molecular weight is 331 g/mol. The molecule has 0 radical (unpaired) electrons. The first-order chi connectivity index (χ1) is 10.9. The summed E-state index contributed by atoms with van der Waals surface area (Å²) in [6, 6.07) is 6.07. The van der Waals surface area contributed by atoms with Crippen molar-refractivity contribution in [2.75, 3.05) is 20.1 Å². The van der Waals surface area contributed by atoms with Gasteiger partial charge in [0.05, 0.1) is 28.6 Å². The Hall–Kier alpha value is -1.79. The van der Waals surface area contributed by atoms with E-state index in [1.807, 2.05) is 19.1 Å². The van der Waals surface area contributed by atoms with E-state index in [0.29, 0.717) is 6.54 Å². The number of carbonyl (C=O) groups excluding carboxylic acids is 2. The Morgan fingerprint density at radius 2 is 2.13 bits per heavy atom. The zero-order valence-corrected chi connectivity index (χ0v) is 14.3. The van der Waals surface area contributed by atoms with Gasteiger partial charge in [0.1, 0.15) is 5.01 Å². The minimum atomic E-state index is -0.400. The highest BCUT2D eigenvalue weighted by Gasteiger charge is 2.49. The maximum Gasteiger partial charge on any atom is 0.230 e. The summed E-state index contributed by atoms with van der Waals surface area (Å²) in [6.07, 6.45) is 1.93. The highest BCUT2D eigenvalue weighted by atomic mass is 32.1. The number of amides is 1. The van der Waals surface area contributed by atoms with Crippen molar-refractivity contribution < 1.29 is 9.59 Å². The third-order valence-electron chi connectivity index (χ3n) is 4.39. The van der Waals surface area contributed by atoms with Gasteiger partial charge >= 0.3 is 0 Å².